The van der Waals surface area contributed by atoms with Crippen LogP contribution in [0.2, 0.25) is 0 Å². The second kappa shape index (κ2) is 7.08. The number of hydrogen-bond acceptors (Lipinski definition) is 6. The Morgan fingerprint density at radius 2 is 1.92 bits per heavy atom. The van der Waals surface area contributed by atoms with Gasteiger partial charge in [-0.2, -0.15) is 5.10 Å². The molecule has 11 heteroatoms. The quantitative estimate of drug-likeness (QED) is 0.503. The summed E-state index contributed by atoms with van der Waals surface area (Å²) in [7, 11) is 0. The van der Waals surface area contributed by atoms with Crippen molar-refractivity contribution in [2.45, 2.75) is 6.36 Å². The fourth-order valence-electron chi connectivity index (χ4n) is 1.54. The molecule has 0 saturated carbocycles. The molecule has 0 aliphatic heterocycles. The zero-order valence-corrected chi connectivity index (χ0v) is 12.4. The lowest BCUT2D eigenvalue weighted by Gasteiger charge is -2.08. The van der Waals surface area contributed by atoms with Crippen LogP contribution in [-0.2, 0) is 0 Å². The molecule has 1 amide bonds. The van der Waals surface area contributed by atoms with Gasteiger partial charge in [0.1, 0.15) is 5.75 Å². The number of thiophene rings is 1. The Morgan fingerprint density at radius 3 is 2.46 bits per heavy atom. The lowest BCUT2D eigenvalue weighted by atomic mass is 10.2. The number of ether oxygens (including phenoxy) is 1. The number of nitrogens with zero attached hydrogens (tertiary/aromatic N) is 2. The van der Waals surface area contributed by atoms with Gasteiger partial charge in [0.25, 0.3) is 5.91 Å². The average molecular weight is 359 g/mol. The summed E-state index contributed by atoms with van der Waals surface area (Å²) < 4.78 is 39.7. The van der Waals surface area contributed by atoms with E-state index in [2.05, 4.69) is 15.3 Å². The molecule has 0 radical (unpaired) electrons. The standard InChI is InChI=1S/C13H8F3N3O4S/c14-13(15,16)23-9-3-1-8(2-4-9)12(20)18-17-7-10-5-6-11(24-10)19(21)22/h1-7H,(H,18,20)/b17-7+. The average Bonchev–Trinajstić information content (AvgIpc) is 2.95. The number of hydrazone groups is 1. The highest BCUT2D eigenvalue weighted by atomic mass is 32.1. The normalized spacial score (nSPS) is 11.5. The molecule has 0 aliphatic rings. The van der Waals surface area contributed by atoms with Crippen molar-refractivity contribution < 1.29 is 27.6 Å². The van der Waals surface area contributed by atoms with Crippen molar-refractivity contribution in [1.29, 1.82) is 0 Å². The predicted octanol–water partition coefficient (Wildman–Crippen LogP) is 3.32. The van der Waals surface area contributed by atoms with Crippen molar-refractivity contribution in [3.8, 4) is 5.75 Å². The van der Waals surface area contributed by atoms with E-state index in [1.807, 2.05) is 0 Å². The van der Waals surface area contributed by atoms with Gasteiger partial charge in [0, 0.05) is 11.6 Å². The molecule has 24 heavy (non-hydrogen) atoms. The maximum absolute atomic E-state index is 12.0. The molecule has 1 aromatic carbocycles. The Kier molecular flexibility index (Phi) is 5.14. The van der Waals surface area contributed by atoms with Gasteiger partial charge in [-0.25, -0.2) is 5.43 Å². The maximum atomic E-state index is 12.0. The van der Waals surface area contributed by atoms with E-state index in [1.54, 1.807) is 0 Å². The lowest BCUT2D eigenvalue weighted by Crippen LogP contribution is -2.18. The summed E-state index contributed by atoms with van der Waals surface area (Å²) in [5.74, 6) is -1.11. The first kappa shape index (κ1) is 17.4. The van der Waals surface area contributed by atoms with Crippen LogP contribution >= 0.6 is 11.3 Å². The molecule has 1 aromatic heterocycles. The largest absolute Gasteiger partial charge is 0.573 e. The fraction of sp³-hybridized carbons (Fsp3) is 0.0769. The van der Waals surface area contributed by atoms with E-state index in [1.165, 1.54) is 18.3 Å². The number of benzene rings is 1. The number of nitro groups is 1. The third kappa shape index (κ3) is 5.05. The first-order chi connectivity index (χ1) is 11.2. The molecule has 7 nitrogen and oxygen atoms in total. The zero-order valence-electron chi connectivity index (χ0n) is 11.6. The molecule has 0 bridgehead atoms. The molecule has 126 valence electrons. The Hall–Kier alpha value is -2.95. The summed E-state index contributed by atoms with van der Waals surface area (Å²) in [5, 5.41) is 14.1. The van der Waals surface area contributed by atoms with Crippen LogP contribution in [0.3, 0.4) is 0 Å². The van der Waals surface area contributed by atoms with Crippen LogP contribution in [0.5, 0.6) is 5.75 Å². The molecule has 1 N–H and O–H groups in total. The monoisotopic (exact) mass is 359 g/mol. The minimum atomic E-state index is -4.81. The van der Waals surface area contributed by atoms with E-state index in [4.69, 9.17) is 0 Å². The first-order valence-electron chi connectivity index (χ1n) is 6.18. The Bertz CT molecular complexity index is 772. The number of carbonyl (C=O) groups is 1. The van der Waals surface area contributed by atoms with Gasteiger partial charge in [-0.3, -0.25) is 14.9 Å². The molecule has 2 rings (SSSR count). The van der Waals surface area contributed by atoms with Gasteiger partial charge < -0.3 is 4.74 Å². The molecular formula is C13H8F3N3O4S. The van der Waals surface area contributed by atoms with Crippen LogP contribution in [0.1, 0.15) is 15.2 Å². The van der Waals surface area contributed by atoms with Gasteiger partial charge in [0.2, 0.25) is 0 Å². The molecular weight excluding hydrogens is 351 g/mol. The van der Waals surface area contributed by atoms with Crippen molar-refractivity contribution in [1.82, 2.24) is 5.43 Å². The summed E-state index contributed by atoms with van der Waals surface area (Å²) >= 11 is 0.873. The lowest BCUT2D eigenvalue weighted by molar-refractivity contribution is -0.380. The minimum Gasteiger partial charge on any atom is -0.406 e. The summed E-state index contributed by atoms with van der Waals surface area (Å²) in [6.07, 6.45) is -3.59. The second-order valence-corrected chi connectivity index (χ2v) is 5.30. The molecule has 0 fully saturated rings. The minimum absolute atomic E-state index is 0.0666. The molecule has 0 atom stereocenters. The van der Waals surface area contributed by atoms with E-state index in [9.17, 15) is 28.1 Å². The smallest absolute Gasteiger partial charge is 0.406 e. The van der Waals surface area contributed by atoms with Crippen molar-refractivity contribution in [3.63, 3.8) is 0 Å². The number of halogens is 3. The van der Waals surface area contributed by atoms with Gasteiger partial charge in [-0.05, 0) is 30.3 Å². The Balaban J connectivity index is 1.94. The van der Waals surface area contributed by atoms with Gasteiger partial charge in [-0.1, -0.05) is 11.3 Å². The summed E-state index contributed by atoms with van der Waals surface area (Å²) in [6.45, 7) is 0. The fourth-order valence-corrected chi connectivity index (χ4v) is 2.23. The molecule has 0 saturated heterocycles. The number of hydrogen-bond donors (Lipinski definition) is 1. The van der Waals surface area contributed by atoms with Gasteiger partial charge in [0.05, 0.1) is 16.0 Å². The summed E-state index contributed by atoms with van der Waals surface area (Å²) in [6, 6.07) is 7.03. The summed E-state index contributed by atoms with van der Waals surface area (Å²) in [4.78, 5) is 22.2. The first-order valence-corrected chi connectivity index (χ1v) is 7.00. The van der Waals surface area contributed by atoms with E-state index in [0.29, 0.717) is 4.88 Å². The Labute approximate surface area is 136 Å². The molecule has 2 aromatic rings. The SMILES string of the molecule is O=C(N/N=C/c1ccc([N+](=O)[O-])s1)c1ccc(OC(F)(F)F)cc1. The van der Waals surface area contributed by atoms with E-state index < -0.39 is 22.9 Å². The number of carbonyl (C=O) groups excluding carboxylic acids is 1. The number of alkyl halides is 3. The third-order valence-electron chi connectivity index (χ3n) is 2.50. The highest BCUT2D eigenvalue weighted by molar-refractivity contribution is 7.16. The molecule has 0 spiro atoms. The number of amides is 1. The van der Waals surface area contributed by atoms with E-state index in [-0.39, 0.29) is 10.6 Å². The van der Waals surface area contributed by atoms with Crippen LogP contribution < -0.4 is 10.2 Å². The third-order valence-corrected chi connectivity index (χ3v) is 3.47. The number of nitrogens with one attached hydrogen (secondary N) is 1. The molecule has 1 heterocycles. The van der Waals surface area contributed by atoms with Crippen LogP contribution in [0.4, 0.5) is 18.2 Å². The maximum Gasteiger partial charge on any atom is 0.573 e. The molecule has 0 aliphatic carbocycles. The van der Waals surface area contributed by atoms with Crippen LogP contribution in [0.25, 0.3) is 0 Å². The number of rotatable bonds is 5. The van der Waals surface area contributed by atoms with Crippen molar-refractivity contribution in [3.05, 3.63) is 57.0 Å². The van der Waals surface area contributed by atoms with Crippen molar-refractivity contribution in [2.24, 2.45) is 5.10 Å². The van der Waals surface area contributed by atoms with E-state index in [0.717, 1.165) is 35.6 Å². The van der Waals surface area contributed by atoms with Crippen LogP contribution in [0.15, 0.2) is 41.5 Å². The van der Waals surface area contributed by atoms with Crippen molar-refractivity contribution >= 4 is 28.5 Å². The molecule has 0 unspecified atom stereocenters. The Morgan fingerprint density at radius 1 is 1.25 bits per heavy atom. The van der Waals surface area contributed by atoms with Gasteiger partial charge in [-0.15, -0.1) is 13.2 Å². The van der Waals surface area contributed by atoms with Gasteiger partial charge >= 0.3 is 11.4 Å². The summed E-state index contributed by atoms with van der Waals surface area (Å²) in [5.41, 5.74) is 2.23. The highest BCUT2D eigenvalue weighted by Gasteiger charge is 2.31. The second-order valence-electron chi connectivity index (χ2n) is 4.20. The predicted molar refractivity (Wildman–Crippen MR) is 79.2 cm³/mol. The van der Waals surface area contributed by atoms with Crippen LogP contribution in [0, 0.1) is 10.1 Å². The topological polar surface area (TPSA) is 93.8 Å². The zero-order chi connectivity index (χ0) is 17.7. The van der Waals surface area contributed by atoms with E-state index >= 15 is 0 Å². The highest BCUT2D eigenvalue weighted by Crippen LogP contribution is 2.23. The van der Waals surface area contributed by atoms with Gasteiger partial charge in [0.15, 0.2) is 0 Å². The van der Waals surface area contributed by atoms with Crippen LogP contribution in [-0.4, -0.2) is 23.4 Å². The van der Waals surface area contributed by atoms with Crippen molar-refractivity contribution in [2.75, 3.05) is 0 Å².